The molecule has 0 fully saturated rings. The lowest BCUT2D eigenvalue weighted by Gasteiger charge is -2.11. The lowest BCUT2D eigenvalue weighted by Crippen LogP contribution is -2.28. The van der Waals surface area contributed by atoms with E-state index in [1.54, 1.807) is 0 Å². The van der Waals surface area contributed by atoms with E-state index < -0.39 is 0 Å². The van der Waals surface area contributed by atoms with Gasteiger partial charge in [0.15, 0.2) is 11.0 Å². The van der Waals surface area contributed by atoms with E-state index in [4.69, 9.17) is 16.3 Å². The van der Waals surface area contributed by atoms with Gasteiger partial charge in [-0.2, -0.15) is 0 Å². The fraction of sp³-hybridized carbons (Fsp3) is 0.286. The molecule has 1 aromatic heterocycles. The summed E-state index contributed by atoms with van der Waals surface area (Å²) in [5.41, 5.74) is 2.05. The number of hydrogen-bond acceptors (Lipinski definition) is 5. The average molecular weight is 431 g/mol. The van der Waals surface area contributed by atoms with Crippen molar-refractivity contribution in [2.24, 2.45) is 0 Å². The first-order valence-electron chi connectivity index (χ1n) is 9.37. The van der Waals surface area contributed by atoms with Gasteiger partial charge in [0.25, 0.3) is 0 Å². The largest absolute Gasteiger partial charge is 0.380 e. The summed E-state index contributed by atoms with van der Waals surface area (Å²) in [5, 5.41) is 12.9. The van der Waals surface area contributed by atoms with E-state index in [2.05, 4.69) is 27.6 Å². The third-order valence-electron chi connectivity index (χ3n) is 4.11. The molecule has 8 heteroatoms. The number of amides is 1. The van der Waals surface area contributed by atoms with Gasteiger partial charge in [-0.1, -0.05) is 53.7 Å². The predicted octanol–water partition coefficient (Wildman–Crippen LogP) is 3.89. The van der Waals surface area contributed by atoms with Crippen LogP contribution in [0, 0.1) is 0 Å². The molecule has 0 saturated carbocycles. The second-order valence-electron chi connectivity index (χ2n) is 6.22. The zero-order chi connectivity index (χ0) is 20.5. The molecule has 3 aromatic rings. The van der Waals surface area contributed by atoms with Crippen LogP contribution < -0.4 is 5.32 Å². The Hall–Kier alpha value is -2.35. The molecule has 0 spiro atoms. The number of halogens is 1. The minimum atomic E-state index is -0.0583. The summed E-state index contributed by atoms with van der Waals surface area (Å²) in [7, 11) is 0. The first-order chi connectivity index (χ1) is 14.2. The van der Waals surface area contributed by atoms with Gasteiger partial charge in [-0.05, 0) is 36.8 Å². The molecule has 0 radical (unpaired) electrons. The minimum Gasteiger partial charge on any atom is -0.380 e. The third-order valence-corrected chi connectivity index (χ3v) is 5.33. The van der Waals surface area contributed by atoms with Crippen molar-refractivity contribution in [3.05, 3.63) is 65.2 Å². The second-order valence-corrected chi connectivity index (χ2v) is 7.60. The number of thioether (sulfide) groups is 1. The van der Waals surface area contributed by atoms with Crippen molar-refractivity contribution in [1.82, 2.24) is 20.1 Å². The summed E-state index contributed by atoms with van der Waals surface area (Å²) in [6.07, 6.45) is 0. The fourth-order valence-electron chi connectivity index (χ4n) is 2.70. The Morgan fingerprint density at radius 3 is 2.62 bits per heavy atom. The zero-order valence-electron chi connectivity index (χ0n) is 16.2. The molecule has 3 rings (SSSR count). The first kappa shape index (κ1) is 21.4. The maximum Gasteiger partial charge on any atom is 0.230 e. The number of ether oxygens (including phenoxy) is 1. The van der Waals surface area contributed by atoms with Crippen LogP contribution >= 0.6 is 23.4 Å². The van der Waals surface area contributed by atoms with Gasteiger partial charge in [0.1, 0.15) is 0 Å². The Balaban J connectivity index is 1.75. The van der Waals surface area contributed by atoms with Gasteiger partial charge in [-0.3, -0.25) is 9.36 Å². The highest BCUT2D eigenvalue weighted by Gasteiger charge is 2.16. The number of aromatic nitrogens is 3. The van der Waals surface area contributed by atoms with E-state index in [0.717, 1.165) is 17.0 Å². The SMILES string of the molecule is CCOCCNC(=O)CSc1nnc(-c2ccc(Cl)cc2)n1Cc1ccccc1. The quantitative estimate of drug-likeness (QED) is 0.390. The maximum absolute atomic E-state index is 12.1. The number of nitrogens with zero attached hydrogens (tertiary/aromatic N) is 3. The van der Waals surface area contributed by atoms with Crippen molar-refractivity contribution in [2.75, 3.05) is 25.5 Å². The minimum absolute atomic E-state index is 0.0583. The van der Waals surface area contributed by atoms with E-state index in [9.17, 15) is 4.79 Å². The van der Waals surface area contributed by atoms with Gasteiger partial charge < -0.3 is 10.1 Å². The molecule has 6 nitrogen and oxygen atoms in total. The topological polar surface area (TPSA) is 69.0 Å². The summed E-state index contributed by atoms with van der Waals surface area (Å²) in [4.78, 5) is 12.1. The van der Waals surface area contributed by atoms with Crippen LogP contribution in [0.25, 0.3) is 11.4 Å². The van der Waals surface area contributed by atoms with Crippen molar-refractivity contribution in [3.8, 4) is 11.4 Å². The van der Waals surface area contributed by atoms with E-state index in [0.29, 0.717) is 36.5 Å². The van der Waals surface area contributed by atoms with Crippen LogP contribution in [0.4, 0.5) is 0 Å². The van der Waals surface area contributed by atoms with Crippen LogP contribution in [-0.4, -0.2) is 46.2 Å². The lowest BCUT2D eigenvalue weighted by molar-refractivity contribution is -0.118. The fourth-order valence-corrected chi connectivity index (χ4v) is 3.60. The highest BCUT2D eigenvalue weighted by Crippen LogP contribution is 2.26. The monoisotopic (exact) mass is 430 g/mol. The average Bonchev–Trinajstić information content (AvgIpc) is 3.13. The van der Waals surface area contributed by atoms with E-state index in [1.807, 2.05) is 54.0 Å². The highest BCUT2D eigenvalue weighted by atomic mass is 35.5. The van der Waals surface area contributed by atoms with Gasteiger partial charge in [-0.25, -0.2) is 0 Å². The van der Waals surface area contributed by atoms with Crippen LogP contribution in [0.1, 0.15) is 12.5 Å². The van der Waals surface area contributed by atoms with Crippen molar-refractivity contribution < 1.29 is 9.53 Å². The van der Waals surface area contributed by atoms with Gasteiger partial charge in [0.05, 0.1) is 18.9 Å². The second kappa shape index (κ2) is 11.0. The molecule has 0 atom stereocenters. The smallest absolute Gasteiger partial charge is 0.230 e. The Morgan fingerprint density at radius 1 is 1.14 bits per heavy atom. The Labute approximate surface area is 179 Å². The molecule has 29 heavy (non-hydrogen) atoms. The number of benzene rings is 2. The van der Waals surface area contributed by atoms with Gasteiger partial charge in [0, 0.05) is 23.7 Å². The van der Waals surface area contributed by atoms with E-state index in [-0.39, 0.29) is 11.7 Å². The molecule has 0 saturated heterocycles. The zero-order valence-corrected chi connectivity index (χ0v) is 17.7. The summed E-state index contributed by atoms with van der Waals surface area (Å²) in [6.45, 7) is 4.19. The van der Waals surface area contributed by atoms with Gasteiger partial charge >= 0.3 is 0 Å². The van der Waals surface area contributed by atoms with Gasteiger partial charge in [0.2, 0.25) is 5.91 Å². The highest BCUT2D eigenvalue weighted by molar-refractivity contribution is 7.99. The molecule has 0 aliphatic heterocycles. The van der Waals surface area contributed by atoms with E-state index >= 15 is 0 Å². The standard InChI is InChI=1S/C21H23ClN4O2S/c1-2-28-13-12-23-19(27)15-29-21-25-24-20(17-8-10-18(22)11-9-17)26(21)14-16-6-4-3-5-7-16/h3-11H,2,12-15H2,1H3,(H,23,27). The molecule has 1 N–H and O–H groups in total. The van der Waals surface area contributed by atoms with E-state index in [1.165, 1.54) is 11.8 Å². The number of carbonyl (C=O) groups is 1. The number of hydrogen-bond donors (Lipinski definition) is 1. The van der Waals surface area contributed by atoms with Crippen LogP contribution in [0.3, 0.4) is 0 Å². The molecule has 0 bridgehead atoms. The number of carbonyl (C=O) groups excluding carboxylic acids is 1. The van der Waals surface area contributed by atoms with Crippen LogP contribution in [0.15, 0.2) is 59.8 Å². The molecule has 152 valence electrons. The molecule has 0 aliphatic rings. The molecule has 2 aromatic carbocycles. The normalized spacial score (nSPS) is 10.8. The van der Waals surface area contributed by atoms with Crippen LogP contribution in [-0.2, 0) is 16.1 Å². The summed E-state index contributed by atoms with van der Waals surface area (Å²) >= 11 is 7.39. The Kier molecular flexibility index (Phi) is 8.10. The molecular weight excluding hydrogens is 408 g/mol. The van der Waals surface area contributed by atoms with Gasteiger partial charge in [-0.15, -0.1) is 10.2 Å². The van der Waals surface area contributed by atoms with Crippen molar-refractivity contribution >= 4 is 29.3 Å². The molecular formula is C21H23ClN4O2S. The lowest BCUT2D eigenvalue weighted by atomic mass is 10.2. The maximum atomic E-state index is 12.1. The van der Waals surface area contributed by atoms with Crippen molar-refractivity contribution in [3.63, 3.8) is 0 Å². The summed E-state index contributed by atoms with van der Waals surface area (Å²) in [5.74, 6) is 0.946. The molecule has 1 heterocycles. The Bertz CT molecular complexity index is 916. The number of nitrogens with one attached hydrogen (secondary N) is 1. The first-order valence-corrected chi connectivity index (χ1v) is 10.7. The molecule has 0 aliphatic carbocycles. The van der Waals surface area contributed by atoms with Crippen LogP contribution in [0.5, 0.6) is 0 Å². The molecule has 1 amide bonds. The summed E-state index contributed by atoms with van der Waals surface area (Å²) < 4.78 is 7.26. The third kappa shape index (κ3) is 6.32. The molecule has 0 unspecified atom stereocenters. The predicted molar refractivity (Wildman–Crippen MR) is 116 cm³/mol. The van der Waals surface area contributed by atoms with Crippen molar-refractivity contribution in [1.29, 1.82) is 0 Å². The van der Waals surface area contributed by atoms with Crippen LogP contribution in [0.2, 0.25) is 5.02 Å². The number of rotatable bonds is 10. The Morgan fingerprint density at radius 2 is 1.90 bits per heavy atom. The summed E-state index contributed by atoms with van der Waals surface area (Å²) in [6, 6.07) is 17.6. The van der Waals surface area contributed by atoms with Crippen molar-refractivity contribution in [2.45, 2.75) is 18.6 Å².